The Morgan fingerprint density at radius 1 is 1.44 bits per heavy atom. The van der Waals surface area contributed by atoms with E-state index >= 15 is 0 Å². The highest BCUT2D eigenvalue weighted by atomic mass is 16.3. The van der Waals surface area contributed by atoms with Gasteiger partial charge in [-0.3, -0.25) is 9.88 Å². The highest BCUT2D eigenvalue weighted by Gasteiger charge is 2.33. The van der Waals surface area contributed by atoms with Crippen molar-refractivity contribution in [1.29, 1.82) is 0 Å². The Balaban J connectivity index is 2.03. The van der Waals surface area contributed by atoms with E-state index in [2.05, 4.69) is 41.2 Å². The fraction of sp³-hybridized carbons (Fsp3) is 0.643. The summed E-state index contributed by atoms with van der Waals surface area (Å²) in [5, 5.41) is 12.6. The molecule has 2 heterocycles. The van der Waals surface area contributed by atoms with Crippen molar-refractivity contribution in [3.05, 3.63) is 30.1 Å². The van der Waals surface area contributed by atoms with E-state index in [9.17, 15) is 0 Å². The quantitative estimate of drug-likeness (QED) is 0.836. The highest BCUT2D eigenvalue weighted by molar-refractivity contribution is 5.11. The van der Waals surface area contributed by atoms with E-state index in [0.29, 0.717) is 6.04 Å². The van der Waals surface area contributed by atoms with E-state index in [-0.39, 0.29) is 12.1 Å². The van der Waals surface area contributed by atoms with Crippen molar-refractivity contribution in [1.82, 2.24) is 15.2 Å². The van der Waals surface area contributed by atoms with Crippen molar-refractivity contribution in [2.45, 2.75) is 38.4 Å². The Kier molecular flexibility index (Phi) is 4.32. The molecule has 1 aromatic heterocycles. The van der Waals surface area contributed by atoms with Gasteiger partial charge in [-0.2, -0.15) is 0 Å². The van der Waals surface area contributed by atoms with Crippen molar-refractivity contribution in [2.24, 2.45) is 0 Å². The van der Waals surface area contributed by atoms with Gasteiger partial charge in [0.2, 0.25) is 0 Å². The van der Waals surface area contributed by atoms with Gasteiger partial charge in [-0.25, -0.2) is 0 Å². The number of hydrogen-bond donors (Lipinski definition) is 2. The normalized spacial score (nSPS) is 24.1. The third-order valence-electron chi connectivity index (χ3n) is 3.72. The first-order chi connectivity index (χ1) is 8.62. The first-order valence-corrected chi connectivity index (χ1v) is 6.60. The first kappa shape index (κ1) is 13.5. The largest absolute Gasteiger partial charge is 0.396 e. The molecule has 0 amide bonds. The Bertz CT molecular complexity index is 367. The fourth-order valence-corrected chi connectivity index (χ4v) is 2.42. The maximum absolute atomic E-state index is 9.06. The van der Waals surface area contributed by atoms with Crippen LogP contribution in [0.5, 0.6) is 0 Å². The first-order valence-electron chi connectivity index (χ1n) is 6.60. The molecule has 0 spiro atoms. The summed E-state index contributed by atoms with van der Waals surface area (Å²) in [7, 11) is 0. The van der Waals surface area contributed by atoms with Crippen molar-refractivity contribution >= 4 is 0 Å². The van der Waals surface area contributed by atoms with Gasteiger partial charge < -0.3 is 10.4 Å². The molecule has 0 aliphatic carbocycles. The van der Waals surface area contributed by atoms with Crippen LogP contribution in [0.1, 0.15) is 25.8 Å². The number of pyridine rings is 1. The molecule has 1 unspecified atom stereocenters. The predicted molar refractivity (Wildman–Crippen MR) is 72.2 cm³/mol. The Morgan fingerprint density at radius 3 is 2.83 bits per heavy atom. The van der Waals surface area contributed by atoms with Crippen LogP contribution in [0, 0.1) is 0 Å². The van der Waals surface area contributed by atoms with E-state index in [0.717, 1.165) is 26.1 Å². The van der Waals surface area contributed by atoms with Crippen LogP contribution >= 0.6 is 0 Å². The van der Waals surface area contributed by atoms with Gasteiger partial charge in [0.1, 0.15) is 0 Å². The van der Waals surface area contributed by atoms with Gasteiger partial charge in [-0.15, -0.1) is 0 Å². The highest BCUT2D eigenvalue weighted by Crippen LogP contribution is 2.22. The SMILES string of the molecule is CC1(C)CNC(CCO)CN1Cc1ccncc1. The van der Waals surface area contributed by atoms with Crippen LogP contribution in [0.15, 0.2) is 24.5 Å². The van der Waals surface area contributed by atoms with Gasteiger partial charge >= 0.3 is 0 Å². The maximum Gasteiger partial charge on any atom is 0.0446 e. The second-order valence-corrected chi connectivity index (χ2v) is 5.64. The molecule has 2 rings (SSSR count). The van der Waals surface area contributed by atoms with E-state index < -0.39 is 0 Å². The summed E-state index contributed by atoms with van der Waals surface area (Å²) in [4.78, 5) is 6.54. The summed E-state index contributed by atoms with van der Waals surface area (Å²) in [5.41, 5.74) is 1.44. The molecular formula is C14H23N3O. The molecule has 0 saturated carbocycles. The molecule has 1 saturated heterocycles. The summed E-state index contributed by atoms with van der Waals surface area (Å²) in [5.74, 6) is 0. The van der Waals surface area contributed by atoms with Crippen LogP contribution in [-0.2, 0) is 6.54 Å². The number of nitrogens with zero attached hydrogens (tertiary/aromatic N) is 2. The molecule has 100 valence electrons. The number of nitrogens with one attached hydrogen (secondary N) is 1. The molecule has 18 heavy (non-hydrogen) atoms. The third-order valence-corrected chi connectivity index (χ3v) is 3.72. The number of aliphatic hydroxyl groups is 1. The van der Waals surface area contributed by atoms with Crippen LogP contribution in [-0.4, -0.2) is 46.3 Å². The average Bonchev–Trinajstić information content (AvgIpc) is 2.35. The fourth-order valence-electron chi connectivity index (χ4n) is 2.42. The minimum absolute atomic E-state index is 0.148. The van der Waals surface area contributed by atoms with Gasteiger partial charge in [0.25, 0.3) is 0 Å². The van der Waals surface area contributed by atoms with Gasteiger partial charge in [0.05, 0.1) is 0 Å². The van der Waals surface area contributed by atoms with Crippen molar-refractivity contribution in [3.63, 3.8) is 0 Å². The third kappa shape index (κ3) is 3.28. The van der Waals surface area contributed by atoms with Crippen LogP contribution in [0.25, 0.3) is 0 Å². The topological polar surface area (TPSA) is 48.4 Å². The zero-order valence-electron chi connectivity index (χ0n) is 11.3. The standard InChI is InChI=1S/C14H23N3O/c1-14(2)11-16-13(5-8-18)10-17(14)9-12-3-6-15-7-4-12/h3-4,6-7,13,16,18H,5,8-11H2,1-2H3. The minimum atomic E-state index is 0.148. The summed E-state index contributed by atoms with van der Waals surface area (Å²) in [6, 6.07) is 4.53. The molecule has 1 aliphatic heterocycles. The molecule has 0 radical (unpaired) electrons. The summed E-state index contributed by atoms with van der Waals surface area (Å²) in [6.45, 7) is 7.66. The number of aliphatic hydroxyl groups excluding tert-OH is 1. The zero-order chi connectivity index (χ0) is 13.0. The molecular weight excluding hydrogens is 226 g/mol. The number of aromatic nitrogens is 1. The molecule has 1 fully saturated rings. The number of rotatable bonds is 4. The molecule has 1 atom stereocenters. The summed E-state index contributed by atoms with van der Waals surface area (Å²) >= 11 is 0. The van der Waals surface area contributed by atoms with Gasteiger partial charge in [-0.1, -0.05) is 0 Å². The second-order valence-electron chi connectivity index (χ2n) is 5.64. The lowest BCUT2D eigenvalue weighted by atomic mass is 9.95. The summed E-state index contributed by atoms with van der Waals surface area (Å²) < 4.78 is 0. The lowest BCUT2D eigenvalue weighted by Gasteiger charge is -2.46. The molecule has 1 aliphatic rings. The van der Waals surface area contributed by atoms with Crippen molar-refractivity contribution in [2.75, 3.05) is 19.7 Å². The lowest BCUT2D eigenvalue weighted by molar-refractivity contribution is 0.0520. The maximum atomic E-state index is 9.06. The second kappa shape index (κ2) is 5.78. The predicted octanol–water partition coefficient (Wildman–Crippen LogP) is 1.02. The average molecular weight is 249 g/mol. The van der Waals surface area contributed by atoms with Gasteiger partial charge in [0.15, 0.2) is 0 Å². The van der Waals surface area contributed by atoms with E-state index in [1.807, 2.05) is 12.4 Å². The molecule has 2 N–H and O–H groups in total. The smallest absolute Gasteiger partial charge is 0.0446 e. The monoisotopic (exact) mass is 249 g/mol. The Hall–Kier alpha value is -0.970. The number of hydrogen-bond acceptors (Lipinski definition) is 4. The number of piperazine rings is 1. The Labute approximate surface area is 109 Å². The Morgan fingerprint density at radius 2 is 2.17 bits per heavy atom. The molecule has 0 bridgehead atoms. The summed E-state index contributed by atoms with van der Waals surface area (Å²) in [6.07, 6.45) is 4.51. The minimum Gasteiger partial charge on any atom is -0.396 e. The van der Waals surface area contributed by atoms with Crippen LogP contribution < -0.4 is 5.32 Å². The van der Waals surface area contributed by atoms with Gasteiger partial charge in [0, 0.05) is 50.2 Å². The lowest BCUT2D eigenvalue weighted by Crippen LogP contribution is -2.61. The van der Waals surface area contributed by atoms with E-state index in [1.165, 1.54) is 5.56 Å². The van der Waals surface area contributed by atoms with Crippen LogP contribution in [0.4, 0.5) is 0 Å². The molecule has 1 aromatic rings. The zero-order valence-corrected chi connectivity index (χ0v) is 11.3. The van der Waals surface area contributed by atoms with Crippen molar-refractivity contribution in [3.8, 4) is 0 Å². The van der Waals surface area contributed by atoms with Crippen LogP contribution in [0.2, 0.25) is 0 Å². The van der Waals surface area contributed by atoms with Gasteiger partial charge in [-0.05, 0) is 38.0 Å². The molecule has 4 nitrogen and oxygen atoms in total. The van der Waals surface area contributed by atoms with Crippen LogP contribution in [0.3, 0.4) is 0 Å². The van der Waals surface area contributed by atoms with E-state index in [4.69, 9.17) is 5.11 Å². The molecule has 4 heteroatoms. The van der Waals surface area contributed by atoms with Crippen molar-refractivity contribution < 1.29 is 5.11 Å². The molecule has 0 aromatic carbocycles. The van der Waals surface area contributed by atoms with E-state index in [1.54, 1.807) is 0 Å².